The SMILES string of the molecule is COc1cc([C@@H]2C(S(C)(=O)=O)=C(O)C(=O)N2CCNCCO)ccc1O. The number of aliphatic hydroxyl groups is 2. The topological polar surface area (TPSA) is 136 Å². The van der Waals surface area contributed by atoms with Crippen molar-refractivity contribution in [1.82, 2.24) is 10.2 Å². The zero-order valence-corrected chi connectivity index (χ0v) is 15.3. The second-order valence-corrected chi connectivity index (χ2v) is 7.78. The number of nitrogens with zero attached hydrogens (tertiary/aromatic N) is 1. The van der Waals surface area contributed by atoms with Crippen LogP contribution in [0.25, 0.3) is 0 Å². The Morgan fingerprint density at radius 3 is 2.54 bits per heavy atom. The summed E-state index contributed by atoms with van der Waals surface area (Å²) in [5.41, 5.74) is 0.375. The normalized spacial score (nSPS) is 17.9. The van der Waals surface area contributed by atoms with E-state index in [9.17, 15) is 23.4 Å². The summed E-state index contributed by atoms with van der Waals surface area (Å²) < 4.78 is 29.4. The van der Waals surface area contributed by atoms with Gasteiger partial charge in [0.2, 0.25) is 0 Å². The van der Waals surface area contributed by atoms with Gasteiger partial charge in [-0.15, -0.1) is 0 Å². The molecule has 1 heterocycles. The van der Waals surface area contributed by atoms with E-state index in [1.807, 2.05) is 0 Å². The molecule has 0 saturated carbocycles. The second kappa shape index (κ2) is 7.94. The van der Waals surface area contributed by atoms with E-state index in [0.29, 0.717) is 18.7 Å². The molecule has 2 rings (SSSR count). The Bertz CT molecular complexity index is 820. The van der Waals surface area contributed by atoms with Crippen molar-refractivity contribution in [2.24, 2.45) is 0 Å². The Kier molecular flexibility index (Phi) is 6.11. The minimum atomic E-state index is -3.88. The summed E-state index contributed by atoms with van der Waals surface area (Å²) in [4.78, 5) is 13.3. The smallest absolute Gasteiger partial charge is 0.290 e. The molecule has 0 radical (unpaired) electrons. The first-order chi connectivity index (χ1) is 12.2. The lowest BCUT2D eigenvalue weighted by Gasteiger charge is -2.27. The van der Waals surface area contributed by atoms with Gasteiger partial charge in [-0.1, -0.05) is 6.07 Å². The third kappa shape index (κ3) is 3.92. The number of amides is 1. The monoisotopic (exact) mass is 386 g/mol. The van der Waals surface area contributed by atoms with Crippen LogP contribution in [-0.4, -0.2) is 74.2 Å². The van der Waals surface area contributed by atoms with Crippen molar-refractivity contribution < 1.29 is 33.3 Å². The number of nitrogens with one attached hydrogen (secondary N) is 1. The summed E-state index contributed by atoms with van der Waals surface area (Å²) >= 11 is 0. The van der Waals surface area contributed by atoms with Gasteiger partial charge in [-0.25, -0.2) is 8.42 Å². The number of sulfone groups is 1. The average molecular weight is 386 g/mol. The molecular weight excluding hydrogens is 364 g/mol. The van der Waals surface area contributed by atoms with Gasteiger partial charge in [0.25, 0.3) is 5.91 Å². The third-order valence-corrected chi connectivity index (χ3v) is 5.21. The second-order valence-electron chi connectivity index (χ2n) is 5.79. The largest absolute Gasteiger partial charge is 0.504 e. The first kappa shape index (κ1) is 20.0. The number of carbonyl (C=O) groups excluding carboxylic acids is 1. The average Bonchev–Trinajstić information content (AvgIpc) is 2.84. The quantitative estimate of drug-likeness (QED) is 0.446. The molecular formula is C16H22N2O7S. The Balaban J connectivity index is 2.47. The maximum Gasteiger partial charge on any atom is 0.290 e. The molecule has 1 amide bonds. The van der Waals surface area contributed by atoms with Crippen molar-refractivity contribution in [3.05, 3.63) is 34.4 Å². The molecule has 0 unspecified atom stereocenters. The van der Waals surface area contributed by atoms with E-state index in [1.54, 1.807) is 0 Å². The highest BCUT2D eigenvalue weighted by Crippen LogP contribution is 2.41. The molecule has 0 spiro atoms. The number of carbonyl (C=O) groups is 1. The zero-order chi connectivity index (χ0) is 19.5. The van der Waals surface area contributed by atoms with Gasteiger partial charge < -0.3 is 30.3 Å². The van der Waals surface area contributed by atoms with Crippen molar-refractivity contribution in [1.29, 1.82) is 0 Å². The number of phenols is 1. The van der Waals surface area contributed by atoms with Gasteiger partial charge in [0.1, 0.15) is 4.91 Å². The summed E-state index contributed by atoms with van der Waals surface area (Å²) in [6, 6.07) is 3.18. The molecule has 0 aromatic heterocycles. The molecule has 1 aromatic rings. The number of ether oxygens (including phenoxy) is 1. The Morgan fingerprint density at radius 1 is 1.27 bits per heavy atom. The van der Waals surface area contributed by atoms with E-state index in [4.69, 9.17) is 9.84 Å². The van der Waals surface area contributed by atoms with Crippen LogP contribution in [0.3, 0.4) is 0 Å². The van der Waals surface area contributed by atoms with Crippen LogP contribution in [0.1, 0.15) is 11.6 Å². The van der Waals surface area contributed by atoms with Crippen LogP contribution < -0.4 is 10.1 Å². The van der Waals surface area contributed by atoms with Crippen molar-refractivity contribution in [2.75, 3.05) is 39.6 Å². The molecule has 26 heavy (non-hydrogen) atoms. The van der Waals surface area contributed by atoms with E-state index in [-0.39, 0.29) is 24.7 Å². The van der Waals surface area contributed by atoms with Gasteiger partial charge >= 0.3 is 0 Å². The molecule has 10 heteroatoms. The van der Waals surface area contributed by atoms with Gasteiger partial charge in [-0.05, 0) is 17.7 Å². The number of aromatic hydroxyl groups is 1. The Morgan fingerprint density at radius 2 is 1.96 bits per heavy atom. The van der Waals surface area contributed by atoms with Crippen molar-refractivity contribution >= 4 is 15.7 Å². The molecule has 1 aromatic carbocycles. The number of rotatable bonds is 8. The Hall–Kier alpha value is -2.30. The fourth-order valence-corrected chi connectivity index (χ4v) is 3.95. The fraction of sp³-hybridized carbons (Fsp3) is 0.438. The van der Waals surface area contributed by atoms with Gasteiger partial charge in [-0.2, -0.15) is 0 Å². The predicted octanol–water partition coefficient (Wildman–Crippen LogP) is -0.320. The number of phenolic OH excluding ortho intramolecular Hbond substituents is 1. The molecule has 0 saturated heterocycles. The highest BCUT2D eigenvalue weighted by molar-refractivity contribution is 7.94. The van der Waals surface area contributed by atoms with Crippen LogP contribution in [0.15, 0.2) is 28.9 Å². The third-order valence-electron chi connectivity index (χ3n) is 3.99. The van der Waals surface area contributed by atoms with Crippen molar-refractivity contribution in [3.8, 4) is 11.5 Å². The molecule has 0 bridgehead atoms. The van der Waals surface area contributed by atoms with Crippen molar-refractivity contribution in [2.45, 2.75) is 6.04 Å². The predicted molar refractivity (Wildman–Crippen MR) is 93.6 cm³/mol. The first-order valence-electron chi connectivity index (χ1n) is 7.85. The molecule has 4 N–H and O–H groups in total. The molecule has 0 fully saturated rings. The number of aliphatic hydroxyl groups excluding tert-OH is 2. The van der Waals surface area contributed by atoms with Crippen LogP contribution in [0.2, 0.25) is 0 Å². The van der Waals surface area contributed by atoms with E-state index in [1.165, 1.54) is 30.2 Å². The highest BCUT2D eigenvalue weighted by Gasteiger charge is 2.44. The number of hydrogen-bond acceptors (Lipinski definition) is 8. The number of methoxy groups -OCH3 is 1. The van der Waals surface area contributed by atoms with Crippen LogP contribution in [-0.2, 0) is 14.6 Å². The van der Waals surface area contributed by atoms with Crippen LogP contribution in [0.4, 0.5) is 0 Å². The highest BCUT2D eigenvalue weighted by atomic mass is 32.2. The lowest BCUT2D eigenvalue weighted by molar-refractivity contribution is -0.129. The van der Waals surface area contributed by atoms with Gasteiger partial charge in [-0.3, -0.25) is 4.79 Å². The number of hydrogen-bond donors (Lipinski definition) is 4. The van der Waals surface area contributed by atoms with Crippen LogP contribution >= 0.6 is 0 Å². The molecule has 0 aliphatic carbocycles. The summed E-state index contributed by atoms with van der Waals surface area (Å²) in [7, 11) is -2.53. The van der Waals surface area contributed by atoms with Gasteiger partial charge in [0.05, 0.1) is 19.8 Å². The summed E-state index contributed by atoms with van der Waals surface area (Å²) in [5.74, 6) is -1.63. The van der Waals surface area contributed by atoms with Gasteiger partial charge in [0.15, 0.2) is 27.1 Å². The zero-order valence-electron chi connectivity index (χ0n) is 14.5. The molecule has 1 aliphatic heterocycles. The van der Waals surface area contributed by atoms with E-state index in [0.717, 1.165) is 6.26 Å². The molecule has 1 aliphatic rings. The fourth-order valence-electron chi connectivity index (χ4n) is 2.84. The first-order valence-corrected chi connectivity index (χ1v) is 9.74. The van der Waals surface area contributed by atoms with Crippen LogP contribution in [0, 0.1) is 0 Å². The molecule has 144 valence electrons. The summed E-state index contributed by atoms with van der Waals surface area (Å²) in [6.07, 6.45) is 0.921. The minimum Gasteiger partial charge on any atom is -0.504 e. The lowest BCUT2D eigenvalue weighted by atomic mass is 10.1. The lowest BCUT2D eigenvalue weighted by Crippen LogP contribution is -2.37. The molecule has 9 nitrogen and oxygen atoms in total. The van der Waals surface area contributed by atoms with E-state index >= 15 is 0 Å². The van der Waals surface area contributed by atoms with E-state index in [2.05, 4.69) is 5.32 Å². The van der Waals surface area contributed by atoms with E-state index < -0.39 is 32.5 Å². The van der Waals surface area contributed by atoms with Crippen LogP contribution in [0.5, 0.6) is 11.5 Å². The van der Waals surface area contributed by atoms with Crippen molar-refractivity contribution in [3.63, 3.8) is 0 Å². The summed E-state index contributed by atoms with van der Waals surface area (Å²) in [6.45, 7) is 0.640. The minimum absolute atomic E-state index is 0.0787. The molecule has 1 atom stereocenters. The Labute approximate surface area is 151 Å². The maximum absolute atomic E-state index is 12.4. The van der Waals surface area contributed by atoms with Gasteiger partial charge in [0, 0.05) is 25.9 Å². The maximum atomic E-state index is 12.4. The number of benzene rings is 1. The standard InChI is InChI=1S/C16H22N2O7S/c1-25-12-9-10(3-4-11(12)20)13-15(26(2,23)24)14(21)16(22)18(13)7-5-17-6-8-19/h3-4,9,13,17,19-21H,5-8H2,1-2H3/t13-/m1/s1. The summed E-state index contributed by atoms with van der Waals surface area (Å²) in [5, 5.41) is 31.6.